The summed E-state index contributed by atoms with van der Waals surface area (Å²) in [4.78, 5) is 0.293. The van der Waals surface area contributed by atoms with E-state index < -0.39 is 9.84 Å². The molecule has 0 aliphatic rings. The lowest BCUT2D eigenvalue weighted by atomic mass is 10.0. The van der Waals surface area contributed by atoms with E-state index in [1.165, 1.54) is 6.26 Å². The quantitative estimate of drug-likeness (QED) is 0.890. The number of nitrogens with zero attached hydrogens (tertiary/aromatic N) is 3. The van der Waals surface area contributed by atoms with Gasteiger partial charge in [-0.25, -0.2) is 13.1 Å². The van der Waals surface area contributed by atoms with Crippen LogP contribution in [0, 0.1) is 0 Å². The first-order valence-electron chi connectivity index (χ1n) is 5.87. The highest BCUT2D eigenvalue weighted by molar-refractivity contribution is 9.10. The molecular formula is C12H15BrN4O2S. The summed E-state index contributed by atoms with van der Waals surface area (Å²) in [5.41, 5.74) is 1.67. The molecule has 1 unspecified atom stereocenters. The molecule has 1 aromatic heterocycles. The molecule has 0 saturated heterocycles. The van der Waals surface area contributed by atoms with E-state index in [1.54, 1.807) is 37.0 Å². The van der Waals surface area contributed by atoms with Crippen LogP contribution in [0.4, 0.5) is 0 Å². The van der Waals surface area contributed by atoms with Crippen molar-refractivity contribution in [3.8, 4) is 0 Å². The fraction of sp³-hybridized carbons (Fsp3) is 0.333. The molecule has 1 N–H and O–H groups in total. The maximum absolute atomic E-state index is 11.7. The van der Waals surface area contributed by atoms with Gasteiger partial charge in [0.1, 0.15) is 0 Å². The summed E-state index contributed by atoms with van der Waals surface area (Å²) in [5.74, 6) is 0. The second kappa shape index (κ2) is 5.63. The number of aromatic nitrogens is 3. The lowest BCUT2D eigenvalue weighted by Gasteiger charge is -2.17. The van der Waals surface area contributed by atoms with Gasteiger partial charge < -0.3 is 5.32 Å². The van der Waals surface area contributed by atoms with Crippen LogP contribution in [0.3, 0.4) is 0 Å². The van der Waals surface area contributed by atoms with E-state index in [4.69, 9.17) is 0 Å². The number of hydrogen-bond acceptors (Lipinski definition) is 5. The van der Waals surface area contributed by atoms with Gasteiger partial charge in [0, 0.05) is 13.3 Å². The van der Waals surface area contributed by atoms with Gasteiger partial charge in [0.05, 0.1) is 16.6 Å². The maximum Gasteiger partial charge on any atom is 0.175 e. The Morgan fingerprint density at radius 2 is 2.10 bits per heavy atom. The van der Waals surface area contributed by atoms with Crippen LogP contribution in [0.5, 0.6) is 0 Å². The highest BCUT2D eigenvalue weighted by Crippen LogP contribution is 2.27. The van der Waals surface area contributed by atoms with Crippen LogP contribution in [0.2, 0.25) is 0 Å². The minimum Gasteiger partial charge on any atom is -0.308 e. The van der Waals surface area contributed by atoms with Gasteiger partial charge in [-0.1, -0.05) is 17.3 Å². The molecule has 0 spiro atoms. The molecule has 0 aliphatic carbocycles. The molecule has 20 heavy (non-hydrogen) atoms. The molecule has 1 heterocycles. The molecule has 1 aromatic carbocycles. The van der Waals surface area contributed by atoms with Crippen LogP contribution in [0.1, 0.15) is 17.3 Å². The molecule has 2 aromatic rings. The Balaban J connectivity index is 2.54. The minimum atomic E-state index is -3.23. The summed E-state index contributed by atoms with van der Waals surface area (Å²) in [6, 6.07) is 6.65. The lowest BCUT2D eigenvalue weighted by Crippen LogP contribution is -2.21. The average molecular weight is 359 g/mol. The van der Waals surface area contributed by atoms with E-state index in [0.29, 0.717) is 9.50 Å². The van der Waals surface area contributed by atoms with Gasteiger partial charge in [-0.05, 0) is 40.7 Å². The van der Waals surface area contributed by atoms with E-state index in [0.717, 1.165) is 11.3 Å². The molecule has 0 amide bonds. The highest BCUT2D eigenvalue weighted by atomic mass is 79.9. The van der Waals surface area contributed by atoms with Gasteiger partial charge in [-0.3, -0.25) is 0 Å². The topological polar surface area (TPSA) is 76.9 Å². The van der Waals surface area contributed by atoms with Crippen molar-refractivity contribution in [1.82, 2.24) is 20.3 Å². The Labute approximate surface area is 126 Å². The fourth-order valence-electron chi connectivity index (χ4n) is 2.03. The molecule has 0 saturated carbocycles. The number of hydrogen-bond donors (Lipinski definition) is 1. The van der Waals surface area contributed by atoms with Crippen LogP contribution in [0.25, 0.3) is 0 Å². The summed E-state index contributed by atoms with van der Waals surface area (Å²) in [6.45, 7) is 0. The number of benzene rings is 1. The number of aryl methyl sites for hydroxylation is 1. The standard InChI is InChI=1S/C12H15BrN4O2S/c1-14-10(11-12(13)15-16-17(11)2)8-5-4-6-9(7-8)20(3,18)19/h4-7,10,14H,1-3H3. The third-order valence-electron chi connectivity index (χ3n) is 3.01. The molecule has 0 aliphatic heterocycles. The van der Waals surface area contributed by atoms with Crippen molar-refractivity contribution in [2.75, 3.05) is 13.3 Å². The van der Waals surface area contributed by atoms with Gasteiger partial charge in [-0.15, -0.1) is 5.10 Å². The average Bonchev–Trinajstić information content (AvgIpc) is 2.71. The first-order chi connectivity index (χ1) is 9.34. The Hall–Kier alpha value is -1.25. The largest absolute Gasteiger partial charge is 0.308 e. The molecule has 108 valence electrons. The van der Waals surface area contributed by atoms with Crippen LogP contribution in [-0.2, 0) is 16.9 Å². The zero-order valence-electron chi connectivity index (χ0n) is 11.3. The summed E-state index contributed by atoms with van der Waals surface area (Å²) in [6.07, 6.45) is 1.20. The highest BCUT2D eigenvalue weighted by Gasteiger charge is 2.21. The second-order valence-corrected chi connectivity index (χ2v) is 7.22. The Kier molecular flexibility index (Phi) is 4.26. The molecule has 0 fully saturated rings. The number of halogens is 1. The van der Waals surface area contributed by atoms with Crippen molar-refractivity contribution in [3.05, 3.63) is 40.1 Å². The summed E-state index contributed by atoms with van der Waals surface area (Å²) < 4.78 is 25.6. The first kappa shape index (κ1) is 15.1. The van der Waals surface area contributed by atoms with E-state index in [1.807, 2.05) is 6.07 Å². The fourth-order valence-corrected chi connectivity index (χ4v) is 3.26. The number of rotatable bonds is 4. The lowest BCUT2D eigenvalue weighted by molar-refractivity contribution is 0.592. The Bertz CT molecular complexity index is 707. The summed E-state index contributed by atoms with van der Waals surface area (Å²) in [5, 5.41) is 11.1. The summed E-state index contributed by atoms with van der Waals surface area (Å²) in [7, 11) is 0.359. The maximum atomic E-state index is 11.7. The number of nitrogens with one attached hydrogen (secondary N) is 1. The van der Waals surface area contributed by atoms with E-state index in [2.05, 4.69) is 31.6 Å². The van der Waals surface area contributed by atoms with Gasteiger partial charge in [0.2, 0.25) is 0 Å². The van der Waals surface area contributed by atoms with Crippen molar-refractivity contribution in [2.45, 2.75) is 10.9 Å². The third kappa shape index (κ3) is 2.92. The van der Waals surface area contributed by atoms with Crippen molar-refractivity contribution in [2.24, 2.45) is 7.05 Å². The van der Waals surface area contributed by atoms with Gasteiger partial charge in [-0.2, -0.15) is 0 Å². The SMILES string of the molecule is CNC(c1cccc(S(C)(=O)=O)c1)c1c(Br)nnn1C. The van der Waals surface area contributed by atoms with Crippen molar-refractivity contribution in [1.29, 1.82) is 0 Å². The zero-order chi connectivity index (χ0) is 14.9. The monoisotopic (exact) mass is 358 g/mol. The molecule has 6 nitrogen and oxygen atoms in total. The van der Waals surface area contributed by atoms with Crippen LogP contribution in [0.15, 0.2) is 33.8 Å². The van der Waals surface area contributed by atoms with Crippen LogP contribution < -0.4 is 5.32 Å². The summed E-state index contributed by atoms with van der Waals surface area (Å²) >= 11 is 3.36. The van der Waals surface area contributed by atoms with Crippen LogP contribution in [-0.4, -0.2) is 36.7 Å². The molecule has 0 radical (unpaired) electrons. The Morgan fingerprint density at radius 3 is 2.60 bits per heavy atom. The van der Waals surface area contributed by atoms with Crippen molar-refractivity contribution >= 4 is 25.8 Å². The molecule has 1 atom stereocenters. The predicted molar refractivity (Wildman–Crippen MR) is 79.2 cm³/mol. The van der Waals surface area contributed by atoms with Gasteiger partial charge in [0.25, 0.3) is 0 Å². The van der Waals surface area contributed by atoms with E-state index in [9.17, 15) is 8.42 Å². The molecule has 0 bridgehead atoms. The third-order valence-corrected chi connectivity index (χ3v) is 4.68. The first-order valence-corrected chi connectivity index (χ1v) is 8.55. The van der Waals surface area contributed by atoms with Crippen LogP contribution >= 0.6 is 15.9 Å². The van der Waals surface area contributed by atoms with Gasteiger partial charge >= 0.3 is 0 Å². The molecular weight excluding hydrogens is 344 g/mol. The van der Waals surface area contributed by atoms with Crippen molar-refractivity contribution in [3.63, 3.8) is 0 Å². The molecule has 8 heteroatoms. The minimum absolute atomic E-state index is 0.203. The predicted octanol–water partition coefficient (Wildman–Crippen LogP) is 1.29. The van der Waals surface area contributed by atoms with Gasteiger partial charge in [0.15, 0.2) is 14.4 Å². The Morgan fingerprint density at radius 1 is 1.40 bits per heavy atom. The van der Waals surface area contributed by atoms with E-state index >= 15 is 0 Å². The van der Waals surface area contributed by atoms with Crippen molar-refractivity contribution < 1.29 is 8.42 Å². The second-order valence-electron chi connectivity index (χ2n) is 4.46. The smallest absolute Gasteiger partial charge is 0.175 e. The number of sulfone groups is 1. The normalized spacial score (nSPS) is 13.4. The molecule has 2 rings (SSSR count). The van der Waals surface area contributed by atoms with E-state index in [-0.39, 0.29) is 6.04 Å². The zero-order valence-corrected chi connectivity index (χ0v) is 13.7.